The molecule has 0 bridgehead atoms. The van der Waals surface area contributed by atoms with E-state index in [0.29, 0.717) is 5.95 Å². The van der Waals surface area contributed by atoms with Crippen LogP contribution in [-0.2, 0) is 0 Å². The van der Waals surface area contributed by atoms with Crippen LogP contribution in [0.5, 0.6) is 5.75 Å². The summed E-state index contributed by atoms with van der Waals surface area (Å²) in [6.45, 7) is 1.78. The van der Waals surface area contributed by atoms with Gasteiger partial charge in [-0.3, -0.25) is 0 Å². The van der Waals surface area contributed by atoms with E-state index in [2.05, 4.69) is 25.5 Å². The van der Waals surface area contributed by atoms with Crippen molar-refractivity contribution in [2.45, 2.75) is 12.5 Å². The van der Waals surface area contributed by atoms with E-state index in [4.69, 9.17) is 10.5 Å². The third-order valence-corrected chi connectivity index (χ3v) is 3.91. The highest BCUT2D eigenvalue weighted by Crippen LogP contribution is 2.34. The van der Waals surface area contributed by atoms with Gasteiger partial charge in [0.05, 0.1) is 12.8 Å². The lowest BCUT2D eigenvalue weighted by molar-refractivity contribution is 0.415. The highest BCUT2D eigenvalue weighted by molar-refractivity contribution is 5.69. The van der Waals surface area contributed by atoms with E-state index in [0.717, 1.165) is 42.5 Å². The Labute approximate surface area is 135 Å². The van der Waals surface area contributed by atoms with Gasteiger partial charge in [-0.15, -0.1) is 0 Å². The summed E-state index contributed by atoms with van der Waals surface area (Å²) in [5.41, 5.74) is 7.97. The molecule has 1 aliphatic heterocycles. The third-order valence-electron chi connectivity index (χ3n) is 3.91. The number of methoxy groups -OCH3 is 1. The van der Waals surface area contributed by atoms with Gasteiger partial charge in [0.15, 0.2) is 0 Å². The molecule has 122 valence electrons. The first kappa shape index (κ1) is 15.4. The first-order valence-corrected chi connectivity index (χ1v) is 7.66. The third kappa shape index (κ3) is 3.45. The SMILES string of the molecule is CNc1ccnc(Nc2ccc(OC)c(N3CCC(N)C3)c2)n1. The summed E-state index contributed by atoms with van der Waals surface area (Å²) in [6.07, 6.45) is 2.71. The zero-order valence-corrected chi connectivity index (χ0v) is 13.4. The second-order valence-electron chi connectivity index (χ2n) is 5.52. The van der Waals surface area contributed by atoms with E-state index in [1.807, 2.05) is 31.3 Å². The Morgan fingerprint density at radius 1 is 1.35 bits per heavy atom. The van der Waals surface area contributed by atoms with Gasteiger partial charge < -0.3 is 26.0 Å². The zero-order chi connectivity index (χ0) is 16.2. The lowest BCUT2D eigenvalue weighted by atomic mass is 10.2. The molecule has 2 heterocycles. The van der Waals surface area contributed by atoms with Gasteiger partial charge in [-0.2, -0.15) is 4.98 Å². The van der Waals surface area contributed by atoms with Crippen LogP contribution < -0.4 is 26.0 Å². The molecule has 1 aromatic carbocycles. The maximum absolute atomic E-state index is 6.02. The largest absolute Gasteiger partial charge is 0.495 e. The number of hydrogen-bond donors (Lipinski definition) is 3. The molecule has 0 aliphatic carbocycles. The van der Waals surface area contributed by atoms with E-state index < -0.39 is 0 Å². The molecule has 1 aliphatic rings. The molecule has 3 rings (SSSR count). The standard InChI is InChI=1S/C16H22N6O/c1-18-15-5-7-19-16(21-15)20-12-3-4-14(23-2)13(9-12)22-8-6-11(17)10-22/h3-5,7,9,11H,6,8,10,17H2,1-2H3,(H2,18,19,20,21). The molecule has 1 saturated heterocycles. The number of hydrogen-bond acceptors (Lipinski definition) is 7. The molecule has 1 unspecified atom stereocenters. The number of nitrogens with zero attached hydrogens (tertiary/aromatic N) is 3. The molecule has 0 radical (unpaired) electrons. The fourth-order valence-corrected chi connectivity index (χ4v) is 2.71. The van der Waals surface area contributed by atoms with E-state index >= 15 is 0 Å². The second kappa shape index (κ2) is 6.70. The van der Waals surface area contributed by atoms with Crippen LogP contribution in [0.2, 0.25) is 0 Å². The highest BCUT2D eigenvalue weighted by Gasteiger charge is 2.22. The van der Waals surface area contributed by atoms with Crippen molar-refractivity contribution in [3.63, 3.8) is 0 Å². The van der Waals surface area contributed by atoms with Crippen LogP contribution in [0.3, 0.4) is 0 Å². The molecule has 23 heavy (non-hydrogen) atoms. The Morgan fingerprint density at radius 2 is 2.22 bits per heavy atom. The molecule has 7 heteroatoms. The molecule has 0 spiro atoms. The van der Waals surface area contributed by atoms with Crippen molar-refractivity contribution in [2.24, 2.45) is 5.73 Å². The first-order valence-electron chi connectivity index (χ1n) is 7.66. The number of benzene rings is 1. The summed E-state index contributed by atoms with van der Waals surface area (Å²) in [6, 6.07) is 7.98. The summed E-state index contributed by atoms with van der Waals surface area (Å²) in [5.74, 6) is 2.15. The topological polar surface area (TPSA) is 88.3 Å². The average molecular weight is 314 g/mol. The number of rotatable bonds is 5. The fraction of sp³-hybridized carbons (Fsp3) is 0.375. The number of anilines is 4. The lowest BCUT2D eigenvalue weighted by Gasteiger charge is -2.22. The van der Waals surface area contributed by atoms with Crippen LogP contribution in [-0.4, -0.2) is 43.3 Å². The summed E-state index contributed by atoms with van der Waals surface area (Å²) >= 11 is 0. The van der Waals surface area contributed by atoms with E-state index in [9.17, 15) is 0 Å². The molecule has 1 atom stereocenters. The molecular formula is C16H22N6O. The minimum absolute atomic E-state index is 0.215. The van der Waals surface area contributed by atoms with Crippen LogP contribution in [0, 0.1) is 0 Å². The Bertz CT molecular complexity index is 677. The normalized spacial score (nSPS) is 17.2. The molecule has 2 aromatic rings. The maximum atomic E-state index is 6.02. The fourth-order valence-electron chi connectivity index (χ4n) is 2.71. The predicted molar refractivity (Wildman–Crippen MR) is 92.7 cm³/mol. The van der Waals surface area contributed by atoms with Crippen molar-refractivity contribution >= 4 is 23.1 Å². The minimum atomic E-state index is 0.215. The van der Waals surface area contributed by atoms with Crippen LogP contribution in [0.15, 0.2) is 30.5 Å². The molecule has 0 saturated carbocycles. The number of nitrogens with one attached hydrogen (secondary N) is 2. The summed E-state index contributed by atoms with van der Waals surface area (Å²) in [4.78, 5) is 10.9. The van der Waals surface area contributed by atoms with Crippen molar-refractivity contribution in [3.05, 3.63) is 30.5 Å². The Kier molecular flexibility index (Phi) is 4.47. The first-order chi connectivity index (χ1) is 11.2. The van der Waals surface area contributed by atoms with Crippen molar-refractivity contribution < 1.29 is 4.74 Å². The van der Waals surface area contributed by atoms with Gasteiger partial charge >= 0.3 is 0 Å². The number of ether oxygens (including phenoxy) is 1. The smallest absolute Gasteiger partial charge is 0.229 e. The van der Waals surface area contributed by atoms with Gasteiger partial charge in [-0.25, -0.2) is 4.98 Å². The van der Waals surface area contributed by atoms with Gasteiger partial charge in [0.25, 0.3) is 0 Å². The number of nitrogens with two attached hydrogens (primary N) is 1. The molecule has 4 N–H and O–H groups in total. The quantitative estimate of drug-likeness (QED) is 0.775. The summed E-state index contributed by atoms with van der Waals surface area (Å²) < 4.78 is 5.48. The molecule has 1 fully saturated rings. The van der Waals surface area contributed by atoms with Crippen molar-refractivity contribution in [1.29, 1.82) is 0 Å². The Hall–Kier alpha value is -2.54. The van der Waals surface area contributed by atoms with Crippen LogP contribution in [0.4, 0.5) is 23.1 Å². The van der Waals surface area contributed by atoms with Crippen molar-refractivity contribution in [2.75, 3.05) is 42.8 Å². The van der Waals surface area contributed by atoms with Crippen molar-refractivity contribution in [1.82, 2.24) is 9.97 Å². The van der Waals surface area contributed by atoms with Gasteiger partial charge in [-0.1, -0.05) is 0 Å². The number of aromatic nitrogens is 2. The Morgan fingerprint density at radius 3 is 2.91 bits per heavy atom. The minimum Gasteiger partial charge on any atom is -0.495 e. The van der Waals surface area contributed by atoms with Crippen molar-refractivity contribution in [3.8, 4) is 5.75 Å². The van der Waals surface area contributed by atoms with E-state index in [1.165, 1.54) is 0 Å². The molecule has 7 nitrogen and oxygen atoms in total. The van der Waals surface area contributed by atoms with Gasteiger partial charge in [0, 0.05) is 38.1 Å². The predicted octanol–water partition coefficient (Wildman–Crippen LogP) is 1.81. The Balaban J connectivity index is 1.85. The molecular weight excluding hydrogens is 292 g/mol. The zero-order valence-electron chi connectivity index (χ0n) is 13.4. The van der Waals surface area contributed by atoms with Crippen LogP contribution in [0.1, 0.15) is 6.42 Å². The van der Waals surface area contributed by atoms with Gasteiger partial charge in [-0.05, 0) is 30.7 Å². The van der Waals surface area contributed by atoms with Gasteiger partial charge in [0.1, 0.15) is 11.6 Å². The van der Waals surface area contributed by atoms with Crippen LogP contribution in [0.25, 0.3) is 0 Å². The van der Waals surface area contributed by atoms with Crippen LogP contribution >= 0.6 is 0 Å². The second-order valence-corrected chi connectivity index (χ2v) is 5.52. The lowest BCUT2D eigenvalue weighted by Crippen LogP contribution is -2.26. The van der Waals surface area contributed by atoms with E-state index in [1.54, 1.807) is 13.3 Å². The molecule has 1 aromatic heterocycles. The maximum Gasteiger partial charge on any atom is 0.229 e. The average Bonchev–Trinajstić information content (AvgIpc) is 3.01. The monoisotopic (exact) mass is 314 g/mol. The van der Waals surface area contributed by atoms with E-state index in [-0.39, 0.29) is 6.04 Å². The van der Waals surface area contributed by atoms with Gasteiger partial charge in [0.2, 0.25) is 5.95 Å². The summed E-state index contributed by atoms with van der Waals surface area (Å²) in [5, 5.41) is 6.23. The summed E-state index contributed by atoms with van der Waals surface area (Å²) in [7, 11) is 3.51. The molecule has 0 amide bonds. The highest BCUT2D eigenvalue weighted by atomic mass is 16.5.